The SMILES string of the molecule is Cc1ccc2c(c(B3OC(C)(C)C(C)(C)O3)nn2C2NCCO2)c1C. The number of fused-ring (bicyclic) bond motifs is 1. The first-order chi connectivity index (χ1) is 11.7. The summed E-state index contributed by atoms with van der Waals surface area (Å²) < 4.78 is 20.2. The average molecular weight is 343 g/mol. The van der Waals surface area contributed by atoms with E-state index in [4.69, 9.17) is 19.1 Å². The van der Waals surface area contributed by atoms with Crippen LogP contribution in [0.15, 0.2) is 12.1 Å². The molecule has 134 valence electrons. The van der Waals surface area contributed by atoms with E-state index in [2.05, 4.69) is 59.0 Å². The lowest BCUT2D eigenvalue weighted by Gasteiger charge is -2.32. The molecule has 0 saturated carbocycles. The molecule has 3 heterocycles. The fourth-order valence-electron chi connectivity index (χ4n) is 3.40. The van der Waals surface area contributed by atoms with E-state index >= 15 is 0 Å². The van der Waals surface area contributed by atoms with Crippen LogP contribution < -0.4 is 10.9 Å². The van der Waals surface area contributed by atoms with Crippen LogP contribution in [0.25, 0.3) is 10.9 Å². The van der Waals surface area contributed by atoms with Crippen molar-refractivity contribution >= 4 is 23.6 Å². The van der Waals surface area contributed by atoms with Gasteiger partial charge in [-0.1, -0.05) is 6.07 Å². The molecule has 1 aromatic heterocycles. The highest BCUT2D eigenvalue weighted by atomic mass is 16.7. The van der Waals surface area contributed by atoms with E-state index in [-0.39, 0.29) is 6.35 Å². The van der Waals surface area contributed by atoms with Gasteiger partial charge in [0, 0.05) is 11.9 Å². The topological polar surface area (TPSA) is 57.5 Å². The number of aromatic nitrogens is 2. The van der Waals surface area contributed by atoms with Crippen molar-refractivity contribution in [3.05, 3.63) is 23.3 Å². The Morgan fingerprint density at radius 2 is 1.84 bits per heavy atom. The van der Waals surface area contributed by atoms with Crippen LogP contribution in [-0.2, 0) is 14.0 Å². The molecule has 1 aromatic carbocycles. The lowest BCUT2D eigenvalue weighted by Crippen LogP contribution is -2.41. The van der Waals surface area contributed by atoms with Crippen molar-refractivity contribution in [3.63, 3.8) is 0 Å². The van der Waals surface area contributed by atoms with E-state index in [9.17, 15) is 0 Å². The fraction of sp³-hybridized carbons (Fsp3) is 0.611. The second kappa shape index (κ2) is 5.54. The number of ether oxygens (including phenoxy) is 1. The molecular formula is C18H26BN3O3. The molecule has 0 amide bonds. The molecule has 1 unspecified atom stereocenters. The Bertz CT molecular complexity index is 809. The molecular weight excluding hydrogens is 317 g/mol. The minimum atomic E-state index is -0.490. The van der Waals surface area contributed by atoms with Crippen molar-refractivity contribution in [3.8, 4) is 0 Å². The summed E-state index contributed by atoms with van der Waals surface area (Å²) in [5.41, 5.74) is 3.50. The molecule has 25 heavy (non-hydrogen) atoms. The zero-order chi connectivity index (χ0) is 18.0. The molecule has 2 saturated heterocycles. The first-order valence-corrected chi connectivity index (χ1v) is 8.90. The maximum Gasteiger partial charge on any atom is 0.517 e. The number of nitrogens with zero attached hydrogens (tertiary/aromatic N) is 2. The molecule has 1 atom stereocenters. The molecule has 6 nitrogen and oxygen atoms in total. The second-order valence-electron chi connectivity index (χ2n) is 8.00. The van der Waals surface area contributed by atoms with Gasteiger partial charge in [-0.2, -0.15) is 5.10 Å². The normalized spacial score (nSPS) is 25.2. The molecule has 4 rings (SSSR count). The summed E-state index contributed by atoms with van der Waals surface area (Å²) in [6.45, 7) is 14.0. The van der Waals surface area contributed by atoms with E-state index in [1.54, 1.807) is 0 Å². The molecule has 7 heteroatoms. The van der Waals surface area contributed by atoms with Gasteiger partial charge in [0.1, 0.15) is 5.59 Å². The highest BCUT2D eigenvalue weighted by Gasteiger charge is 2.53. The third-order valence-corrected chi connectivity index (χ3v) is 5.83. The van der Waals surface area contributed by atoms with E-state index in [1.807, 2.05) is 4.68 Å². The van der Waals surface area contributed by atoms with Gasteiger partial charge in [0.15, 0.2) is 0 Å². The quantitative estimate of drug-likeness (QED) is 0.846. The van der Waals surface area contributed by atoms with Crippen molar-refractivity contribution in [1.29, 1.82) is 0 Å². The molecule has 0 aliphatic carbocycles. The van der Waals surface area contributed by atoms with Crippen molar-refractivity contribution in [1.82, 2.24) is 15.1 Å². The van der Waals surface area contributed by atoms with Crippen LogP contribution in [0.2, 0.25) is 0 Å². The summed E-state index contributed by atoms with van der Waals surface area (Å²) >= 11 is 0. The molecule has 2 aliphatic rings. The van der Waals surface area contributed by atoms with Gasteiger partial charge in [-0.25, -0.2) is 4.68 Å². The Balaban J connectivity index is 1.88. The highest BCUT2D eigenvalue weighted by molar-refractivity contribution is 6.64. The Labute approximate surface area is 149 Å². The molecule has 0 bridgehead atoms. The Kier molecular flexibility index (Phi) is 3.78. The number of rotatable bonds is 2. The lowest BCUT2D eigenvalue weighted by molar-refractivity contribution is 0.00578. The Hall–Kier alpha value is -1.41. The van der Waals surface area contributed by atoms with Crippen LogP contribution in [0.1, 0.15) is 45.2 Å². The number of hydrogen-bond donors (Lipinski definition) is 1. The summed E-state index contributed by atoms with van der Waals surface area (Å²) in [7, 11) is -0.490. The van der Waals surface area contributed by atoms with Crippen LogP contribution in [0.3, 0.4) is 0 Å². The predicted octanol–water partition coefficient (Wildman–Crippen LogP) is 2.03. The Morgan fingerprint density at radius 1 is 1.16 bits per heavy atom. The molecule has 2 fully saturated rings. The first kappa shape index (κ1) is 17.0. The summed E-state index contributed by atoms with van der Waals surface area (Å²) in [4.78, 5) is 0. The van der Waals surface area contributed by atoms with Crippen molar-refractivity contribution in [2.45, 2.75) is 59.1 Å². The van der Waals surface area contributed by atoms with Crippen LogP contribution in [0.5, 0.6) is 0 Å². The number of hydrogen-bond acceptors (Lipinski definition) is 5. The summed E-state index contributed by atoms with van der Waals surface area (Å²) in [5, 5.41) is 9.29. The van der Waals surface area contributed by atoms with Gasteiger partial charge in [0.25, 0.3) is 0 Å². The molecule has 0 spiro atoms. The third kappa shape index (κ3) is 2.53. The van der Waals surface area contributed by atoms with Gasteiger partial charge in [-0.3, -0.25) is 5.32 Å². The van der Waals surface area contributed by atoms with E-state index in [1.165, 1.54) is 11.1 Å². The zero-order valence-electron chi connectivity index (χ0n) is 15.8. The summed E-state index contributed by atoms with van der Waals surface area (Å²) in [6, 6.07) is 4.22. The lowest BCUT2D eigenvalue weighted by atomic mass is 9.81. The zero-order valence-corrected chi connectivity index (χ0v) is 15.8. The smallest absolute Gasteiger partial charge is 0.398 e. The Morgan fingerprint density at radius 3 is 2.44 bits per heavy atom. The van der Waals surface area contributed by atoms with E-state index < -0.39 is 18.3 Å². The minimum absolute atomic E-state index is 0.249. The van der Waals surface area contributed by atoms with Crippen LogP contribution >= 0.6 is 0 Å². The molecule has 2 aromatic rings. The fourth-order valence-corrected chi connectivity index (χ4v) is 3.40. The van der Waals surface area contributed by atoms with Gasteiger partial charge >= 0.3 is 7.12 Å². The van der Waals surface area contributed by atoms with Gasteiger partial charge in [-0.05, 0) is 58.7 Å². The maximum absolute atomic E-state index is 6.27. The number of benzene rings is 1. The van der Waals surface area contributed by atoms with Crippen LogP contribution in [-0.4, -0.2) is 41.3 Å². The predicted molar refractivity (Wildman–Crippen MR) is 97.9 cm³/mol. The van der Waals surface area contributed by atoms with E-state index in [0.29, 0.717) is 6.61 Å². The summed E-state index contributed by atoms with van der Waals surface area (Å²) in [6.07, 6.45) is -0.249. The minimum Gasteiger partial charge on any atom is -0.398 e. The van der Waals surface area contributed by atoms with E-state index in [0.717, 1.165) is 23.0 Å². The van der Waals surface area contributed by atoms with Gasteiger partial charge in [0.2, 0.25) is 6.35 Å². The van der Waals surface area contributed by atoms with Gasteiger partial charge < -0.3 is 14.0 Å². The first-order valence-electron chi connectivity index (χ1n) is 8.90. The average Bonchev–Trinajstić information content (AvgIpc) is 3.20. The van der Waals surface area contributed by atoms with Crippen molar-refractivity contribution in [2.24, 2.45) is 0 Å². The van der Waals surface area contributed by atoms with Crippen molar-refractivity contribution in [2.75, 3.05) is 13.2 Å². The molecule has 0 radical (unpaired) electrons. The number of aryl methyl sites for hydroxylation is 2. The monoisotopic (exact) mass is 343 g/mol. The molecule has 2 aliphatic heterocycles. The van der Waals surface area contributed by atoms with Crippen LogP contribution in [0.4, 0.5) is 0 Å². The third-order valence-electron chi connectivity index (χ3n) is 5.83. The number of nitrogens with one attached hydrogen (secondary N) is 1. The molecule has 1 N–H and O–H groups in total. The van der Waals surface area contributed by atoms with Gasteiger partial charge in [0.05, 0.1) is 23.3 Å². The highest BCUT2D eigenvalue weighted by Crippen LogP contribution is 2.37. The standard InChI is InChI=1S/C18H26BN3O3/c1-11-7-8-13-14(12(11)2)15(21-22(13)16-20-9-10-23-16)19-24-17(3,4)18(5,6)25-19/h7-8,16,20H,9-10H2,1-6H3. The van der Waals surface area contributed by atoms with Crippen LogP contribution in [0, 0.1) is 13.8 Å². The second-order valence-corrected chi connectivity index (χ2v) is 8.00. The van der Waals surface area contributed by atoms with Gasteiger partial charge in [-0.15, -0.1) is 0 Å². The largest absolute Gasteiger partial charge is 0.517 e. The maximum atomic E-state index is 6.27. The van der Waals surface area contributed by atoms with Crippen molar-refractivity contribution < 1.29 is 14.0 Å². The summed E-state index contributed by atoms with van der Waals surface area (Å²) in [5.74, 6) is 0.